The number of H-pyrrole nitrogens is 1. The minimum absolute atomic E-state index is 0.120. The molecule has 0 radical (unpaired) electrons. The molecule has 3 aromatic rings. The Morgan fingerprint density at radius 1 is 1.12 bits per heavy atom. The van der Waals surface area contributed by atoms with E-state index in [0.29, 0.717) is 6.04 Å². The van der Waals surface area contributed by atoms with Crippen LogP contribution in [0.15, 0.2) is 54.7 Å². The van der Waals surface area contributed by atoms with Gasteiger partial charge in [0.05, 0.1) is 0 Å². The van der Waals surface area contributed by atoms with Crippen LogP contribution in [0.2, 0.25) is 0 Å². The predicted molar refractivity (Wildman–Crippen MR) is 106 cm³/mol. The van der Waals surface area contributed by atoms with Gasteiger partial charge in [0.1, 0.15) is 0 Å². The van der Waals surface area contributed by atoms with Crippen LogP contribution in [0.4, 0.5) is 11.4 Å². The predicted octanol–water partition coefficient (Wildman–Crippen LogP) is 3.69. The van der Waals surface area contributed by atoms with E-state index in [9.17, 15) is 4.79 Å². The van der Waals surface area contributed by atoms with Crippen LogP contribution in [0.5, 0.6) is 0 Å². The number of carbonyl (C=O) groups excluding carboxylic acids is 1. The number of carbonyl (C=O) groups is 1. The van der Waals surface area contributed by atoms with Gasteiger partial charge in [0.2, 0.25) is 0 Å². The van der Waals surface area contributed by atoms with Crippen LogP contribution in [0.3, 0.4) is 0 Å². The van der Waals surface area contributed by atoms with Crippen molar-refractivity contribution in [2.24, 2.45) is 0 Å². The Labute approximate surface area is 153 Å². The Morgan fingerprint density at radius 2 is 1.88 bits per heavy atom. The molecule has 0 saturated carbocycles. The molecule has 1 unspecified atom stereocenters. The molecule has 1 amide bonds. The molecule has 1 fully saturated rings. The normalized spacial score (nSPS) is 17.2. The van der Waals surface area contributed by atoms with E-state index in [1.54, 1.807) is 0 Å². The number of aromatic nitrogens is 1. The molecule has 2 N–H and O–H groups in total. The van der Waals surface area contributed by atoms with Crippen molar-refractivity contribution in [3.05, 3.63) is 60.3 Å². The molecule has 0 aliphatic carbocycles. The summed E-state index contributed by atoms with van der Waals surface area (Å²) in [5.41, 5.74) is 3.88. The number of rotatable bonds is 4. The van der Waals surface area contributed by atoms with Gasteiger partial charge < -0.3 is 20.1 Å². The number of fused-ring (bicyclic) bond motifs is 1. The van der Waals surface area contributed by atoms with Gasteiger partial charge in [-0.15, -0.1) is 0 Å². The van der Waals surface area contributed by atoms with Crippen LogP contribution in [-0.4, -0.2) is 53.9 Å². The first-order chi connectivity index (χ1) is 12.6. The highest BCUT2D eigenvalue weighted by Crippen LogP contribution is 2.23. The maximum absolute atomic E-state index is 12.7. The lowest BCUT2D eigenvalue weighted by Gasteiger charge is -2.20. The molecule has 1 saturated heterocycles. The van der Waals surface area contributed by atoms with Crippen molar-refractivity contribution in [3.8, 4) is 0 Å². The molecular weight excluding hydrogens is 324 g/mol. The van der Waals surface area contributed by atoms with Gasteiger partial charge in [-0.05, 0) is 69.0 Å². The average Bonchev–Trinajstić information content (AvgIpc) is 3.31. The quantitative estimate of drug-likeness (QED) is 0.756. The van der Waals surface area contributed by atoms with E-state index in [1.165, 1.54) is 5.39 Å². The number of hydrogen-bond acceptors (Lipinski definition) is 3. The lowest BCUT2D eigenvalue weighted by Crippen LogP contribution is -2.34. The number of hydrogen-bond donors (Lipinski definition) is 2. The lowest BCUT2D eigenvalue weighted by atomic mass is 10.1. The zero-order chi connectivity index (χ0) is 18.1. The Balaban J connectivity index is 1.44. The van der Waals surface area contributed by atoms with Gasteiger partial charge in [-0.2, -0.15) is 0 Å². The molecule has 1 aliphatic heterocycles. The van der Waals surface area contributed by atoms with Crippen molar-refractivity contribution in [2.45, 2.75) is 12.5 Å². The highest BCUT2D eigenvalue weighted by Gasteiger charge is 2.27. The van der Waals surface area contributed by atoms with Gasteiger partial charge in [0.25, 0.3) is 5.91 Å². The van der Waals surface area contributed by atoms with Gasteiger partial charge in [-0.25, -0.2) is 0 Å². The first kappa shape index (κ1) is 16.7. The fourth-order valence-corrected chi connectivity index (χ4v) is 3.52. The van der Waals surface area contributed by atoms with Crippen molar-refractivity contribution in [1.82, 2.24) is 14.8 Å². The van der Waals surface area contributed by atoms with Gasteiger partial charge >= 0.3 is 0 Å². The van der Waals surface area contributed by atoms with Crippen molar-refractivity contribution in [3.63, 3.8) is 0 Å². The van der Waals surface area contributed by atoms with Crippen LogP contribution in [0, 0.1) is 0 Å². The SMILES string of the molecule is CN(C)C1CCN(C(=O)c2ccc(Nc3ccc4[nH]ccc4c3)cc2)C1. The molecule has 0 spiro atoms. The van der Waals surface area contributed by atoms with Crippen LogP contribution < -0.4 is 5.32 Å². The Hall–Kier alpha value is -2.79. The van der Waals surface area contributed by atoms with Crippen molar-refractivity contribution in [1.29, 1.82) is 0 Å². The monoisotopic (exact) mass is 348 g/mol. The second kappa shape index (κ2) is 6.84. The van der Waals surface area contributed by atoms with Crippen LogP contribution in [0.25, 0.3) is 10.9 Å². The number of aromatic amines is 1. The molecule has 2 aromatic carbocycles. The first-order valence-electron chi connectivity index (χ1n) is 9.00. The van der Waals surface area contributed by atoms with E-state index >= 15 is 0 Å². The molecule has 1 aliphatic rings. The Bertz CT molecular complexity index is 913. The Morgan fingerprint density at radius 3 is 2.62 bits per heavy atom. The van der Waals surface area contributed by atoms with Gasteiger partial charge in [-0.1, -0.05) is 0 Å². The maximum atomic E-state index is 12.7. The second-order valence-electron chi connectivity index (χ2n) is 7.14. The smallest absolute Gasteiger partial charge is 0.253 e. The number of nitrogens with zero attached hydrogens (tertiary/aromatic N) is 2. The molecule has 5 nitrogen and oxygen atoms in total. The minimum atomic E-state index is 0.120. The summed E-state index contributed by atoms with van der Waals surface area (Å²) >= 11 is 0. The average molecular weight is 348 g/mol. The standard InChI is InChI=1S/C21H24N4O/c1-24(2)19-10-12-25(14-19)21(26)15-3-5-17(6-4-15)23-18-7-8-20-16(13-18)9-11-22-20/h3-9,11,13,19,22-23H,10,12,14H2,1-2H3. The summed E-state index contributed by atoms with van der Waals surface area (Å²) < 4.78 is 0. The zero-order valence-electron chi connectivity index (χ0n) is 15.2. The van der Waals surface area contributed by atoms with E-state index in [2.05, 4.69) is 47.5 Å². The van der Waals surface area contributed by atoms with E-state index in [0.717, 1.165) is 42.0 Å². The highest BCUT2D eigenvalue weighted by molar-refractivity contribution is 5.95. The summed E-state index contributed by atoms with van der Waals surface area (Å²) in [6.45, 7) is 1.64. The van der Waals surface area contributed by atoms with Crippen LogP contribution >= 0.6 is 0 Å². The largest absolute Gasteiger partial charge is 0.361 e. The van der Waals surface area contributed by atoms with E-state index in [4.69, 9.17) is 0 Å². The van der Waals surface area contributed by atoms with Gasteiger partial charge in [0.15, 0.2) is 0 Å². The molecule has 1 atom stereocenters. The lowest BCUT2D eigenvalue weighted by molar-refractivity contribution is 0.0783. The number of likely N-dealkylation sites (N-methyl/N-ethyl adjacent to an activating group) is 1. The van der Waals surface area contributed by atoms with Gasteiger partial charge in [-0.3, -0.25) is 4.79 Å². The van der Waals surface area contributed by atoms with Crippen molar-refractivity contribution < 1.29 is 4.79 Å². The summed E-state index contributed by atoms with van der Waals surface area (Å²) in [7, 11) is 4.15. The minimum Gasteiger partial charge on any atom is -0.361 e. The van der Waals surface area contributed by atoms with Crippen LogP contribution in [0.1, 0.15) is 16.8 Å². The van der Waals surface area contributed by atoms with E-state index in [1.807, 2.05) is 41.4 Å². The summed E-state index contributed by atoms with van der Waals surface area (Å²) in [6.07, 6.45) is 2.98. The highest BCUT2D eigenvalue weighted by atomic mass is 16.2. The third-order valence-electron chi connectivity index (χ3n) is 5.15. The molecule has 5 heteroatoms. The first-order valence-corrected chi connectivity index (χ1v) is 9.00. The molecule has 2 heterocycles. The van der Waals surface area contributed by atoms with E-state index < -0.39 is 0 Å². The maximum Gasteiger partial charge on any atom is 0.253 e. The molecule has 4 rings (SSSR count). The number of nitrogens with one attached hydrogen (secondary N) is 2. The fourth-order valence-electron chi connectivity index (χ4n) is 3.52. The third kappa shape index (κ3) is 3.30. The zero-order valence-corrected chi connectivity index (χ0v) is 15.2. The fraction of sp³-hybridized carbons (Fsp3) is 0.286. The summed E-state index contributed by atoms with van der Waals surface area (Å²) in [5.74, 6) is 0.120. The molecule has 134 valence electrons. The number of likely N-dealkylation sites (tertiary alicyclic amines) is 1. The number of amides is 1. The number of anilines is 2. The van der Waals surface area contributed by atoms with Gasteiger partial charge in [0, 0.05) is 53.2 Å². The Kier molecular flexibility index (Phi) is 4.39. The third-order valence-corrected chi connectivity index (χ3v) is 5.15. The molecular formula is C21H24N4O. The molecule has 0 bridgehead atoms. The summed E-state index contributed by atoms with van der Waals surface area (Å²) in [5, 5.41) is 4.57. The number of benzene rings is 2. The summed E-state index contributed by atoms with van der Waals surface area (Å²) in [4.78, 5) is 20.0. The van der Waals surface area contributed by atoms with E-state index in [-0.39, 0.29) is 5.91 Å². The van der Waals surface area contributed by atoms with Crippen LogP contribution in [-0.2, 0) is 0 Å². The molecule has 1 aromatic heterocycles. The molecule has 26 heavy (non-hydrogen) atoms. The second-order valence-corrected chi connectivity index (χ2v) is 7.14. The summed E-state index contributed by atoms with van der Waals surface area (Å²) in [6, 6.07) is 16.5. The topological polar surface area (TPSA) is 51.4 Å². The van der Waals surface area contributed by atoms with Crippen molar-refractivity contribution >= 4 is 28.2 Å². The van der Waals surface area contributed by atoms with Crippen molar-refractivity contribution in [2.75, 3.05) is 32.5 Å².